The average Bonchev–Trinajstić information content (AvgIpc) is 3.64. The lowest BCUT2D eigenvalue weighted by Crippen LogP contribution is -2.46. The van der Waals surface area contributed by atoms with Gasteiger partial charge in [0.05, 0.1) is 0 Å². The molecule has 0 radical (unpaired) electrons. The highest BCUT2D eigenvalue weighted by atomic mass is 35.5. The van der Waals surface area contributed by atoms with Gasteiger partial charge in [0, 0.05) is 17.1 Å². The molecule has 0 unspecified atom stereocenters. The van der Waals surface area contributed by atoms with Crippen molar-refractivity contribution >= 4 is 40.5 Å². The Hall–Kier alpha value is -4.64. The van der Waals surface area contributed by atoms with E-state index in [4.69, 9.17) is 35.3 Å². The predicted molar refractivity (Wildman–Crippen MR) is 175 cm³/mol. The molecule has 1 atom stereocenters. The van der Waals surface area contributed by atoms with Crippen LogP contribution in [0.25, 0.3) is 22.2 Å². The molecule has 0 saturated carbocycles. The number of amides is 2. The molecule has 1 saturated heterocycles. The van der Waals surface area contributed by atoms with E-state index in [-0.39, 0.29) is 5.96 Å². The van der Waals surface area contributed by atoms with Crippen LogP contribution in [0.15, 0.2) is 70.2 Å². The Kier molecular flexibility index (Phi) is 9.52. The fourth-order valence-electron chi connectivity index (χ4n) is 4.94. The maximum Gasteiger partial charge on any atom is 0.437 e. The van der Waals surface area contributed by atoms with Gasteiger partial charge in [0.2, 0.25) is 17.7 Å². The van der Waals surface area contributed by atoms with Crippen molar-refractivity contribution in [2.45, 2.75) is 78.2 Å². The van der Waals surface area contributed by atoms with Crippen LogP contribution in [-0.2, 0) is 16.1 Å². The van der Waals surface area contributed by atoms with Crippen LogP contribution in [0.4, 0.5) is 9.59 Å². The number of alkyl carbamates (subject to hydrolysis) is 1. The van der Waals surface area contributed by atoms with Gasteiger partial charge in [0.15, 0.2) is 0 Å². The molecule has 0 bridgehead atoms. The Labute approximate surface area is 272 Å². The second-order valence-electron chi connectivity index (χ2n) is 13.0. The molecule has 2 heterocycles. The van der Waals surface area contributed by atoms with Crippen LogP contribution in [0.5, 0.6) is 5.75 Å². The summed E-state index contributed by atoms with van der Waals surface area (Å²) in [6.07, 6.45) is -0.213. The number of hydrogen-bond donors (Lipinski definition) is 1. The summed E-state index contributed by atoms with van der Waals surface area (Å²) in [6, 6.07) is 18.9. The van der Waals surface area contributed by atoms with Crippen molar-refractivity contribution < 1.29 is 28.3 Å². The van der Waals surface area contributed by atoms with Gasteiger partial charge in [-0.1, -0.05) is 47.1 Å². The van der Waals surface area contributed by atoms with Crippen LogP contribution in [-0.4, -0.2) is 50.9 Å². The molecule has 4 aromatic rings. The molecule has 46 heavy (non-hydrogen) atoms. The first-order chi connectivity index (χ1) is 21.7. The number of likely N-dealkylation sites (tertiary alicyclic amines) is 1. The third-order valence-corrected chi connectivity index (χ3v) is 7.05. The predicted octanol–water partition coefficient (Wildman–Crippen LogP) is 8.07. The summed E-state index contributed by atoms with van der Waals surface area (Å²) < 4.78 is 22.5. The number of ether oxygens (including phenoxy) is 3. The number of aliphatic imine (C=N–C) groups is 1. The van der Waals surface area contributed by atoms with Crippen LogP contribution in [0, 0.1) is 0 Å². The third kappa shape index (κ3) is 8.75. The molecule has 1 aliphatic heterocycles. The maximum absolute atomic E-state index is 12.7. The van der Waals surface area contributed by atoms with Crippen molar-refractivity contribution in [1.29, 1.82) is 0 Å². The van der Waals surface area contributed by atoms with E-state index < -0.39 is 29.4 Å². The molecule has 11 nitrogen and oxygen atoms in total. The third-order valence-electron chi connectivity index (χ3n) is 6.82. The molecule has 1 aromatic heterocycles. The Morgan fingerprint density at radius 1 is 1.00 bits per heavy atom. The number of guanidine groups is 1. The summed E-state index contributed by atoms with van der Waals surface area (Å²) in [5.41, 5.74) is 0.238. The first-order valence-corrected chi connectivity index (χ1v) is 15.4. The number of rotatable bonds is 5. The fourth-order valence-corrected chi connectivity index (χ4v) is 5.15. The van der Waals surface area contributed by atoms with Crippen molar-refractivity contribution in [3.8, 4) is 17.1 Å². The Morgan fingerprint density at radius 2 is 1.74 bits per heavy atom. The largest absolute Gasteiger partial charge is 0.489 e. The summed E-state index contributed by atoms with van der Waals surface area (Å²) in [5.74, 6) is 1.48. The van der Waals surface area contributed by atoms with Crippen LogP contribution >= 0.6 is 11.6 Å². The molecular formula is C34H38ClN5O6. The van der Waals surface area contributed by atoms with Gasteiger partial charge in [-0.15, -0.1) is 4.99 Å². The van der Waals surface area contributed by atoms with Gasteiger partial charge in [-0.25, -0.2) is 9.59 Å². The lowest BCUT2D eigenvalue weighted by atomic mass is 10.1. The number of halogens is 1. The van der Waals surface area contributed by atoms with E-state index >= 15 is 0 Å². The Morgan fingerprint density at radius 3 is 2.48 bits per heavy atom. The standard InChI is InChI=1S/C34H38ClN5O6/c1-33(2,3)44-31(41)37-30(38-32(42)45-34(4,5)6)40-16-8-11-27(40)29-36-28(39-46-29)24-13-12-23-19-26(15-14-22(23)18-24)43-20-21-9-7-10-25(35)17-21/h7,9-10,12-15,17-19,27H,8,11,16,20H2,1-6H3,(H,37,38,41,42)/t27-/m0/s1. The molecule has 0 aliphatic carbocycles. The van der Waals surface area contributed by atoms with E-state index in [0.29, 0.717) is 36.3 Å². The van der Waals surface area contributed by atoms with Crippen molar-refractivity contribution in [2.24, 2.45) is 4.99 Å². The molecule has 1 aliphatic rings. The zero-order chi connectivity index (χ0) is 33.1. The quantitative estimate of drug-likeness (QED) is 0.169. The minimum atomic E-state index is -0.843. The molecular weight excluding hydrogens is 610 g/mol. The van der Waals surface area contributed by atoms with Crippen molar-refractivity contribution in [3.05, 3.63) is 77.1 Å². The number of hydrogen-bond acceptors (Lipinski definition) is 8. The average molecular weight is 648 g/mol. The van der Waals surface area contributed by atoms with Gasteiger partial charge in [0.1, 0.15) is 29.6 Å². The van der Waals surface area contributed by atoms with Crippen molar-refractivity contribution in [2.75, 3.05) is 6.54 Å². The zero-order valence-electron chi connectivity index (χ0n) is 26.8. The maximum atomic E-state index is 12.7. The van der Waals surface area contributed by atoms with E-state index in [1.807, 2.05) is 60.7 Å². The molecule has 12 heteroatoms. The summed E-state index contributed by atoms with van der Waals surface area (Å²) >= 11 is 6.09. The van der Waals surface area contributed by atoms with Crippen molar-refractivity contribution in [1.82, 2.24) is 20.4 Å². The molecule has 5 rings (SSSR count). The van der Waals surface area contributed by atoms with Gasteiger partial charge in [0.25, 0.3) is 0 Å². The summed E-state index contributed by atoms with van der Waals surface area (Å²) in [4.78, 5) is 35.9. The van der Waals surface area contributed by atoms with E-state index in [9.17, 15) is 9.59 Å². The van der Waals surface area contributed by atoms with E-state index in [1.54, 1.807) is 46.4 Å². The highest BCUT2D eigenvalue weighted by molar-refractivity contribution is 6.30. The van der Waals surface area contributed by atoms with E-state index in [0.717, 1.165) is 34.1 Å². The number of nitrogens with zero attached hydrogens (tertiary/aromatic N) is 4. The minimum Gasteiger partial charge on any atom is -0.489 e. The van der Waals surface area contributed by atoms with Gasteiger partial charge in [-0.3, -0.25) is 5.32 Å². The molecule has 0 spiro atoms. The van der Waals surface area contributed by atoms with Gasteiger partial charge in [-0.05, 0) is 101 Å². The van der Waals surface area contributed by atoms with Gasteiger partial charge < -0.3 is 23.6 Å². The number of aromatic nitrogens is 2. The number of fused-ring (bicyclic) bond motifs is 1. The lowest BCUT2D eigenvalue weighted by molar-refractivity contribution is 0.0553. The molecule has 242 valence electrons. The SMILES string of the molecule is CC(C)(C)OC(=O)/N=C(/NC(=O)OC(C)(C)C)N1CCC[C@H]1c1nc(-c2ccc3cc(OCc4cccc(Cl)c4)ccc3c2)no1. The molecule has 1 fully saturated rings. The highest BCUT2D eigenvalue weighted by Gasteiger charge is 2.35. The number of benzene rings is 3. The Balaban J connectivity index is 1.34. The topological polar surface area (TPSA) is 128 Å². The van der Waals surface area contributed by atoms with Crippen LogP contribution in [0.1, 0.15) is 71.9 Å². The number of nitrogens with one attached hydrogen (secondary N) is 1. The highest BCUT2D eigenvalue weighted by Crippen LogP contribution is 2.33. The minimum absolute atomic E-state index is 0.00941. The van der Waals surface area contributed by atoms with Gasteiger partial charge in [-0.2, -0.15) is 4.98 Å². The first kappa shape index (κ1) is 32.7. The Bertz CT molecular complexity index is 1760. The van der Waals surface area contributed by atoms with Crippen LogP contribution in [0.3, 0.4) is 0 Å². The van der Waals surface area contributed by atoms with Crippen LogP contribution < -0.4 is 10.1 Å². The molecule has 3 aromatic carbocycles. The summed E-state index contributed by atoms with van der Waals surface area (Å²) in [6.45, 7) is 11.4. The van der Waals surface area contributed by atoms with E-state index in [2.05, 4.69) is 15.5 Å². The molecule has 1 N–H and O–H groups in total. The van der Waals surface area contributed by atoms with Crippen LogP contribution in [0.2, 0.25) is 5.02 Å². The van der Waals surface area contributed by atoms with Crippen molar-refractivity contribution in [3.63, 3.8) is 0 Å². The second kappa shape index (κ2) is 13.4. The number of carbonyl (C=O) groups is 2. The smallest absolute Gasteiger partial charge is 0.437 e. The first-order valence-electron chi connectivity index (χ1n) is 15.1. The normalized spacial score (nSPS) is 15.6. The second-order valence-corrected chi connectivity index (χ2v) is 13.4. The number of carbonyl (C=O) groups excluding carboxylic acids is 2. The van der Waals surface area contributed by atoms with E-state index in [1.165, 1.54) is 0 Å². The zero-order valence-corrected chi connectivity index (χ0v) is 27.6. The molecule has 2 amide bonds. The fraction of sp³-hybridized carbons (Fsp3) is 0.382. The van der Waals surface area contributed by atoms with Gasteiger partial charge >= 0.3 is 12.2 Å². The summed E-state index contributed by atoms with van der Waals surface area (Å²) in [5, 5.41) is 9.52. The summed E-state index contributed by atoms with van der Waals surface area (Å²) in [7, 11) is 0. The monoisotopic (exact) mass is 647 g/mol. The lowest BCUT2D eigenvalue weighted by Gasteiger charge is -2.27.